The molecule has 0 radical (unpaired) electrons. The summed E-state index contributed by atoms with van der Waals surface area (Å²) in [6.45, 7) is 1.21. The van der Waals surface area contributed by atoms with E-state index in [9.17, 15) is 9.59 Å². The van der Waals surface area contributed by atoms with Crippen LogP contribution in [-0.2, 0) is 6.54 Å². The van der Waals surface area contributed by atoms with Crippen molar-refractivity contribution in [1.82, 2.24) is 15.1 Å². The lowest BCUT2D eigenvalue weighted by Gasteiger charge is -2.14. The lowest BCUT2D eigenvalue weighted by Crippen LogP contribution is -2.36. The van der Waals surface area contributed by atoms with Crippen molar-refractivity contribution >= 4 is 12.2 Å². The van der Waals surface area contributed by atoms with Gasteiger partial charge in [0.25, 0.3) is 5.91 Å². The molecule has 1 amide bonds. The molecule has 5 heteroatoms. The van der Waals surface area contributed by atoms with Gasteiger partial charge in [0.1, 0.15) is 5.69 Å². The fourth-order valence-electron chi connectivity index (χ4n) is 1.26. The van der Waals surface area contributed by atoms with Crippen LogP contribution in [0.2, 0.25) is 0 Å². The average Bonchev–Trinajstić information content (AvgIpc) is 2.49. The van der Waals surface area contributed by atoms with Crippen molar-refractivity contribution in [3.63, 3.8) is 0 Å². The molecule has 12 heavy (non-hydrogen) atoms. The zero-order valence-corrected chi connectivity index (χ0v) is 6.28. The quantitative estimate of drug-likeness (QED) is 0.567. The summed E-state index contributed by atoms with van der Waals surface area (Å²) in [7, 11) is 0. The van der Waals surface area contributed by atoms with Gasteiger partial charge >= 0.3 is 0 Å². The van der Waals surface area contributed by atoms with E-state index in [2.05, 4.69) is 10.4 Å². The maximum Gasteiger partial charge on any atom is 0.270 e. The maximum absolute atomic E-state index is 11.2. The summed E-state index contributed by atoms with van der Waals surface area (Å²) < 4.78 is 1.54. The number of nitrogens with one attached hydrogen (secondary N) is 1. The van der Waals surface area contributed by atoms with Gasteiger partial charge in [0.2, 0.25) is 0 Å². The van der Waals surface area contributed by atoms with Gasteiger partial charge in [-0.2, -0.15) is 5.10 Å². The van der Waals surface area contributed by atoms with Crippen molar-refractivity contribution in [3.8, 4) is 0 Å². The number of amides is 1. The first kappa shape index (κ1) is 7.02. The summed E-state index contributed by atoms with van der Waals surface area (Å²) in [4.78, 5) is 21.6. The van der Waals surface area contributed by atoms with Crippen LogP contribution in [0.15, 0.2) is 6.20 Å². The van der Waals surface area contributed by atoms with Crippen LogP contribution < -0.4 is 5.32 Å². The second-order valence-electron chi connectivity index (χ2n) is 2.55. The largest absolute Gasteiger partial charge is 0.349 e. The highest BCUT2D eigenvalue weighted by atomic mass is 16.2. The number of hydrogen-bond donors (Lipinski definition) is 1. The predicted octanol–water partition coefficient (Wildman–Crippen LogP) is -0.561. The summed E-state index contributed by atoms with van der Waals surface area (Å²) in [6.07, 6.45) is 2.05. The molecule has 62 valence electrons. The number of carbonyl (C=O) groups is 2. The Kier molecular flexibility index (Phi) is 1.43. The molecule has 1 aromatic rings. The van der Waals surface area contributed by atoms with E-state index in [1.165, 1.54) is 6.20 Å². The van der Waals surface area contributed by atoms with Gasteiger partial charge in [-0.05, 0) is 0 Å². The highest BCUT2D eigenvalue weighted by molar-refractivity contribution is 6.00. The summed E-state index contributed by atoms with van der Waals surface area (Å²) in [5.41, 5.74) is 0.725. The van der Waals surface area contributed by atoms with Crippen molar-refractivity contribution in [2.75, 3.05) is 6.54 Å². The number of nitrogens with zero attached hydrogens (tertiary/aromatic N) is 2. The number of aldehydes is 1. The van der Waals surface area contributed by atoms with E-state index >= 15 is 0 Å². The molecule has 0 aromatic carbocycles. The Morgan fingerprint density at radius 1 is 1.67 bits per heavy atom. The Hall–Kier alpha value is -1.65. The van der Waals surface area contributed by atoms with Gasteiger partial charge in [-0.15, -0.1) is 0 Å². The molecular weight excluding hydrogens is 158 g/mol. The second kappa shape index (κ2) is 2.44. The molecule has 1 aliphatic heterocycles. The Labute approximate surface area is 68.4 Å². The average molecular weight is 165 g/mol. The van der Waals surface area contributed by atoms with Crippen molar-refractivity contribution in [1.29, 1.82) is 0 Å². The third kappa shape index (κ3) is 0.827. The monoisotopic (exact) mass is 165 g/mol. The van der Waals surface area contributed by atoms with Crippen LogP contribution in [0.25, 0.3) is 0 Å². The van der Waals surface area contributed by atoms with Crippen LogP contribution in [0.4, 0.5) is 0 Å². The Balaban J connectivity index is 2.57. The normalized spacial score (nSPS) is 15.2. The number of fused-ring (bicyclic) bond motifs is 1. The zero-order chi connectivity index (χ0) is 8.55. The van der Waals surface area contributed by atoms with Crippen LogP contribution in [0, 0.1) is 0 Å². The Morgan fingerprint density at radius 2 is 2.50 bits per heavy atom. The lowest BCUT2D eigenvalue weighted by molar-refractivity contribution is 0.0919. The van der Waals surface area contributed by atoms with Crippen molar-refractivity contribution < 1.29 is 9.59 Å². The molecule has 0 fully saturated rings. The molecule has 0 atom stereocenters. The molecule has 0 saturated carbocycles. The first-order chi connectivity index (χ1) is 5.83. The van der Waals surface area contributed by atoms with Gasteiger partial charge in [-0.1, -0.05) is 0 Å². The third-order valence-corrected chi connectivity index (χ3v) is 1.82. The van der Waals surface area contributed by atoms with Gasteiger partial charge in [0.15, 0.2) is 6.29 Å². The Bertz CT molecular complexity index is 342. The first-order valence-electron chi connectivity index (χ1n) is 3.62. The topological polar surface area (TPSA) is 64.0 Å². The van der Waals surface area contributed by atoms with E-state index in [4.69, 9.17) is 0 Å². The van der Waals surface area contributed by atoms with Crippen LogP contribution >= 0.6 is 0 Å². The molecule has 2 rings (SSSR count). The van der Waals surface area contributed by atoms with E-state index in [0.717, 1.165) is 0 Å². The SMILES string of the molecule is O=Cc1cnn2c1C(=O)NCC2. The minimum absolute atomic E-state index is 0.221. The predicted molar refractivity (Wildman–Crippen MR) is 39.9 cm³/mol. The van der Waals surface area contributed by atoms with Crippen LogP contribution in [0.5, 0.6) is 0 Å². The molecular formula is C7H7N3O2. The van der Waals surface area contributed by atoms with Gasteiger partial charge in [-0.3, -0.25) is 14.3 Å². The van der Waals surface area contributed by atoms with Crippen LogP contribution in [-0.4, -0.2) is 28.5 Å². The minimum atomic E-state index is -0.221. The van der Waals surface area contributed by atoms with Crippen molar-refractivity contribution in [2.45, 2.75) is 6.54 Å². The molecule has 0 unspecified atom stereocenters. The highest BCUT2D eigenvalue weighted by Crippen LogP contribution is 2.08. The molecule has 0 bridgehead atoms. The molecule has 0 saturated heterocycles. The number of hydrogen-bond acceptors (Lipinski definition) is 3. The molecule has 1 aromatic heterocycles. The van der Waals surface area contributed by atoms with Gasteiger partial charge in [0.05, 0.1) is 18.3 Å². The maximum atomic E-state index is 11.2. The number of rotatable bonds is 1. The van der Waals surface area contributed by atoms with Crippen LogP contribution in [0.1, 0.15) is 20.8 Å². The summed E-state index contributed by atoms with van der Waals surface area (Å²) in [5, 5.41) is 6.54. The smallest absolute Gasteiger partial charge is 0.270 e. The third-order valence-electron chi connectivity index (χ3n) is 1.82. The Morgan fingerprint density at radius 3 is 3.25 bits per heavy atom. The van der Waals surface area contributed by atoms with E-state index in [1.807, 2.05) is 0 Å². The molecule has 5 nitrogen and oxygen atoms in total. The van der Waals surface area contributed by atoms with Crippen molar-refractivity contribution in [3.05, 3.63) is 17.5 Å². The van der Waals surface area contributed by atoms with Crippen LogP contribution in [0.3, 0.4) is 0 Å². The molecule has 0 aliphatic carbocycles. The molecule has 1 aliphatic rings. The zero-order valence-electron chi connectivity index (χ0n) is 6.28. The fourth-order valence-corrected chi connectivity index (χ4v) is 1.26. The summed E-state index contributed by atoms with van der Waals surface area (Å²) >= 11 is 0. The number of carbonyl (C=O) groups excluding carboxylic acids is 2. The lowest BCUT2D eigenvalue weighted by atomic mass is 10.2. The summed E-state index contributed by atoms with van der Waals surface area (Å²) in [6, 6.07) is 0. The molecule has 0 spiro atoms. The number of aromatic nitrogens is 2. The summed E-state index contributed by atoms with van der Waals surface area (Å²) in [5.74, 6) is -0.221. The van der Waals surface area contributed by atoms with E-state index in [1.54, 1.807) is 4.68 Å². The van der Waals surface area contributed by atoms with E-state index in [-0.39, 0.29) is 5.91 Å². The van der Waals surface area contributed by atoms with Crippen molar-refractivity contribution in [2.24, 2.45) is 0 Å². The molecule has 1 N–H and O–H groups in total. The first-order valence-corrected chi connectivity index (χ1v) is 3.62. The van der Waals surface area contributed by atoms with E-state index in [0.29, 0.717) is 30.6 Å². The van der Waals surface area contributed by atoms with Gasteiger partial charge < -0.3 is 5.32 Å². The standard InChI is InChI=1S/C7H7N3O2/c11-4-5-3-9-10-2-1-8-7(12)6(5)10/h3-4H,1-2H2,(H,8,12). The van der Waals surface area contributed by atoms with Gasteiger partial charge in [0, 0.05) is 6.54 Å². The highest BCUT2D eigenvalue weighted by Gasteiger charge is 2.21. The van der Waals surface area contributed by atoms with E-state index < -0.39 is 0 Å². The second-order valence-corrected chi connectivity index (χ2v) is 2.55. The van der Waals surface area contributed by atoms with Gasteiger partial charge in [-0.25, -0.2) is 0 Å². The minimum Gasteiger partial charge on any atom is -0.349 e. The molecule has 2 heterocycles. The fraction of sp³-hybridized carbons (Fsp3) is 0.286.